The van der Waals surface area contributed by atoms with Crippen LogP contribution in [-0.4, -0.2) is 30.2 Å². The van der Waals surface area contributed by atoms with Crippen molar-refractivity contribution in [2.75, 3.05) is 19.0 Å². The number of aryl methyl sites for hydroxylation is 1. The Morgan fingerprint density at radius 3 is 2.57 bits per heavy atom. The van der Waals surface area contributed by atoms with E-state index < -0.39 is 12.0 Å². The molecule has 3 aromatic rings. The van der Waals surface area contributed by atoms with Gasteiger partial charge in [-0.15, -0.1) is 0 Å². The minimum absolute atomic E-state index is 0.190. The number of amides is 1. The largest absolute Gasteiger partial charge is 0.497 e. The van der Waals surface area contributed by atoms with Gasteiger partial charge in [-0.2, -0.15) is 0 Å². The van der Waals surface area contributed by atoms with Crippen molar-refractivity contribution in [1.29, 1.82) is 0 Å². The lowest BCUT2D eigenvalue weighted by Gasteiger charge is -2.24. The highest BCUT2D eigenvalue weighted by molar-refractivity contribution is 7.07. The van der Waals surface area contributed by atoms with Crippen LogP contribution in [0.2, 0.25) is 0 Å². The Kier molecular flexibility index (Phi) is 5.64. The number of allylic oxidation sites excluding steroid dienone is 1. The van der Waals surface area contributed by atoms with E-state index in [1.165, 1.54) is 4.57 Å². The number of anilines is 1. The van der Waals surface area contributed by atoms with Crippen LogP contribution < -0.4 is 24.9 Å². The van der Waals surface area contributed by atoms with Crippen LogP contribution in [0.3, 0.4) is 0 Å². The number of ether oxygens (including phenoxy) is 2. The predicted octanol–water partition coefficient (Wildman–Crippen LogP) is 2.44. The molecule has 1 aromatic heterocycles. The highest BCUT2D eigenvalue weighted by Crippen LogP contribution is 2.33. The van der Waals surface area contributed by atoms with E-state index in [4.69, 9.17) is 9.47 Å². The molecule has 0 bridgehead atoms. The Labute approximate surface area is 204 Å². The standard InChI is InChI=1S/C26H23N3O5S/c1-5-34-25(32)19-14(3)27-26-29(21(19)15-7-9-16(33-4)10-8-15)24(31)22(35-26)20-17-12-13(2)6-11-18(17)28-23(20)30/h6-12,21H,5H2,1-4H3,(H,28,30)/b22-20-/t21-/m1/s1. The summed E-state index contributed by atoms with van der Waals surface area (Å²) in [5.41, 5.74) is 3.71. The summed E-state index contributed by atoms with van der Waals surface area (Å²) >= 11 is 1.14. The second kappa shape index (κ2) is 8.66. The van der Waals surface area contributed by atoms with Crippen molar-refractivity contribution in [3.8, 4) is 5.75 Å². The SMILES string of the molecule is CCOC(=O)C1=C(C)N=c2s/c(=C3\C(=O)Nc4ccc(C)cc43)c(=O)n2[C@@H]1c1ccc(OC)cc1. The molecule has 0 aliphatic carbocycles. The Bertz CT molecular complexity index is 1600. The summed E-state index contributed by atoms with van der Waals surface area (Å²) in [7, 11) is 1.57. The van der Waals surface area contributed by atoms with Crippen LogP contribution in [0.15, 0.2) is 63.5 Å². The zero-order valence-electron chi connectivity index (χ0n) is 19.7. The van der Waals surface area contributed by atoms with E-state index >= 15 is 0 Å². The van der Waals surface area contributed by atoms with E-state index in [1.807, 2.05) is 37.3 Å². The van der Waals surface area contributed by atoms with Gasteiger partial charge in [0.1, 0.15) is 10.3 Å². The van der Waals surface area contributed by atoms with Crippen LogP contribution in [-0.2, 0) is 14.3 Å². The van der Waals surface area contributed by atoms with E-state index in [0.29, 0.717) is 38.6 Å². The maximum absolute atomic E-state index is 13.9. The molecule has 0 fully saturated rings. The molecule has 1 N–H and O–H groups in total. The van der Waals surface area contributed by atoms with Gasteiger partial charge in [-0.1, -0.05) is 35.1 Å². The van der Waals surface area contributed by atoms with E-state index in [1.54, 1.807) is 33.1 Å². The first-order valence-electron chi connectivity index (χ1n) is 11.1. The summed E-state index contributed by atoms with van der Waals surface area (Å²) in [5, 5.41) is 2.84. The van der Waals surface area contributed by atoms with Crippen LogP contribution in [0.5, 0.6) is 5.75 Å². The molecule has 9 heteroatoms. The Morgan fingerprint density at radius 1 is 1.14 bits per heavy atom. The van der Waals surface area contributed by atoms with Gasteiger partial charge in [0.15, 0.2) is 4.80 Å². The van der Waals surface area contributed by atoms with E-state index in [2.05, 4.69) is 10.3 Å². The number of benzene rings is 2. The fourth-order valence-electron chi connectivity index (χ4n) is 4.45. The highest BCUT2D eigenvalue weighted by atomic mass is 32.1. The van der Waals surface area contributed by atoms with E-state index in [-0.39, 0.29) is 28.2 Å². The fourth-order valence-corrected chi connectivity index (χ4v) is 5.59. The fraction of sp³-hybridized carbons (Fsp3) is 0.231. The van der Waals surface area contributed by atoms with Crippen molar-refractivity contribution in [1.82, 2.24) is 4.57 Å². The third kappa shape index (κ3) is 3.68. The molecule has 0 saturated heterocycles. The molecule has 3 heterocycles. The van der Waals surface area contributed by atoms with E-state index in [0.717, 1.165) is 16.9 Å². The van der Waals surface area contributed by atoms with Crippen molar-refractivity contribution in [2.24, 2.45) is 4.99 Å². The number of carbonyl (C=O) groups is 2. The quantitative estimate of drug-likeness (QED) is 0.568. The molecule has 0 radical (unpaired) electrons. The van der Waals surface area contributed by atoms with Gasteiger partial charge in [-0.25, -0.2) is 9.79 Å². The van der Waals surface area contributed by atoms with Gasteiger partial charge in [0, 0.05) is 11.3 Å². The number of fused-ring (bicyclic) bond motifs is 2. The number of rotatable bonds is 4. The first-order chi connectivity index (χ1) is 16.8. The Balaban J connectivity index is 1.81. The molecule has 178 valence electrons. The topological polar surface area (TPSA) is 99.0 Å². The van der Waals surface area contributed by atoms with Crippen molar-refractivity contribution >= 4 is 34.5 Å². The summed E-state index contributed by atoms with van der Waals surface area (Å²) in [4.78, 5) is 44.8. The second-order valence-corrected chi connectivity index (χ2v) is 9.25. The Morgan fingerprint density at radius 2 is 1.89 bits per heavy atom. The number of aromatic nitrogens is 1. The number of hydrogen-bond donors (Lipinski definition) is 1. The van der Waals surface area contributed by atoms with Crippen molar-refractivity contribution in [3.05, 3.63) is 90.1 Å². The predicted molar refractivity (Wildman–Crippen MR) is 132 cm³/mol. The van der Waals surface area contributed by atoms with Crippen LogP contribution in [0.4, 0.5) is 5.69 Å². The molecule has 0 unspecified atom stereocenters. The lowest BCUT2D eigenvalue weighted by Crippen LogP contribution is -2.40. The molecule has 5 rings (SSSR count). The normalized spacial score (nSPS) is 17.9. The molecular formula is C26H23N3O5S. The van der Waals surface area contributed by atoms with Crippen LogP contribution >= 0.6 is 11.3 Å². The minimum Gasteiger partial charge on any atom is -0.497 e. The molecule has 35 heavy (non-hydrogen) atoms. The van der Waals surface area contributed by atoms with Gasteiger partial charge in [-0.05, 0) is 50.6 Å². The summed E-state index contributed by atoms with van der Waals surface area (Å²) in [6.45, 7) is 5.58. The van der Waals surface area contributed by atoms with Crippen LogP contribution in [0.1, 0.15) is 36.6 Å². The average Bonchev–Trinajstić information content (AvgIpc) is 3.33. The lowest BCUT2D eigenvalue weighted by atomic mass is 9.96. The van der Waals surface area contributed by atoms with Gasteiger partial charge >= 0.3 is 5.97 Å². The van der Waals surface area contributed by atoms with Crippen molar-refractivity contribution in [3.63, 3.8) is 0 Å². The second-order valence-electron chi connectivity index (χ2n) is 8.27. The van der Waals surface area contributed by atoms with Gasteiger partial charge in [0.05, 0.1) is 36.6 Å². The van der Waals surface area contributed by atoms with Crippen molar-refractivity contribution in [2.45, 2.75) is 26.8 Å². The summed E-state index contributed by atoms with van der Waals surface area (Å²) in [6, 6.07) is 12.0. The van der Waals surface area contributed by atoms with Crippen LogP contribution in [0, 0.1) is 6.92 Å². The monoisotopic (exact) mass is 489 g/mol. The average molecular weight is 490 g/mol. The molecule has 2 aliphatic heterocycles. The molecule has 2 aromatic carbocycles. The van der Waals surface area contributed by atoms with Gasteiger partial charge in [0.25, 0.3) is 11.5 Å². The molecule has 0 spiro atoms. The van der Waals surface area contributed by atoms with Gasteiger partial charge < -0.3 is 14.8 Å². The first-order valence-corrected chi connectivity index (χ1v) is 11.9. The van der Waals surface area contributed by atoms with Crippen LogP contribution in [0.25, 0.3) is 5.57 Å². The third-order valence-corrected chi connectivity index (χ3v) is 7.12. The maximum Gasteiger partial charge on any atom is 0.338 e. The molecular weight excluding hydrogens is 466 g/mol. The smallest absolute Gasteiger partial charge is 0.338 e. The maximum atomic E-state index is 13.9. The van der Waals surface area contributed by atoms with Crippen molar-refractivity contribution < 1.29 is 19.1 Å². The van der Waals surface area contributed by atoms with Gasteiger partial charge in [0.2, 0.25) is 0 Å². The number of nitrogens with zero attached hydrogens (tertiary/aromatic N) is 2. The number of esters is 1. The number of methoxy groups -OCH3 is 1. The Hall–Kier alpha value is -3.98. The number of nitrogens with one attached hydrogen (secondary N) is 1. The molecule has 8 nitrogen and oxygen atoms in total. The number of thiazole rings is 1. The zero-order chi connectivity index (χ0) is 24.9. The highest BCUT2D eigenvalue weighted by Gasteiger charge is 2.35. The summed E-state index contributed by atoms with van der Waals surface area (Å²) in [5.74, 6) is -0.221. The molecule has 1 amide bonds. The minimum atomic E-state index is -0.757. The zero-order valence-corrected chi connectivity index (χ0v) is 20.5. The lowest BCUT2D eigenvalue weighted by molar-refractivity contribution is -0.139. The van der Waals surface area contributed by atoms with E-state index in [9.17, 15) is 14.4 Å². The molecule has 2 aliphatic rings. The van der Waals surface area contributed by atoms with Gasteiger partial charge in [-0.3, -0.25) is 14.2 Å². The molecule has 0 saturated carbocycles. The number of hydrogen-bond acceptors (Lipinski definition) is 7. The number of carbonyl (C=O) groups excluding carboxylic acids is 2. The summed E-state index contributed by atoms with van der Waals surface area (Å²) in [6.07, 6.45) is 0. The third-order valence-electron chi connectivity index (χ3n) is 6.07. The molecule has 1 atom stereocenters. The summed E-state index contributed by atoms with van der Waals surface area (Å²) < 4.78 is 12.4. The first kappa shape index (κ1) is 22.8.